The van der Waals surface area contributed by atoms with Crippen LogP contribution in [0.4, 0.5) is 0 Å². The largest absolute Gasteiger partial charge is 0.481 e. The number of aliphatic carboxylic acids is 1. The standard InChI is InChI=1S/C10H18O4/c1-9(2,3)8-13-5-10(4,6-14-8)7(11)12/h8H,5-6H2,1-4H3,(H,11,12). The first kappa shape index (κ1) is 11.5. The summed E-state index contributed by atoms with van der Waals surface area (Å²) in [6, 6.07) is 0. The van der Waals surface area contributed by atoms with E-state index in [0.29, 0.717) is 0 Å². The Morgan fingerprint density at radius 2 is 1.79 bits per heavy atom. The van der Waals surface area contributed by atoms with Crippen LogP contribution in [-0.4, -0.2) is 30.6 Å². The van der Waals surface area contributed by atoms with E-state index in [1.807, 2.05) is 20.8 Å². The quantitative estimate of drug-likeness (QED) is 0.700. The molecule has 1 N–H and O–H groups in total. The molecule has 0 spiro atoms. The zero-order chi connectivity index (χ0) is 11.0. The van der Waals surface area contributed by atoms with Crippen LogP contribution >= 0.6 is 0 Å². The third kappa shape index (κ3) is 2.25. The van der Waals surface area contributed by atoms with Gasteiger partial charge in [-0.1, -0.05) is 20.8 Å². The molecule has 1 aliphatic heterocycles. The summed E-state index contributed by atoms with van der Waals surface area (Å²) in [4.78, 5) is 10.9. The van der Waals surface area contributed by atoms with E-state index in [9.17, 15) is 4.79 Å². The highest BCUT2D eigenvalue weighted by Gasteiger charge is 2.42. The molecule has 0 radical (unpaired) electrons. The summed E-state index contributed by atoms with van der Waals surface area (Å²) in [5, 5.41) is 8.93. The van der Waals surface area contributed by atoms with Crippen LogP contribution in [-0.2, 0) is 14.3 Å². The first-order valence-electron chi connectivity index (χ1n) is 4.72. The molecule has 4 heteroatoms. The van der Waals surface area contributed by atoms with Gasteiger partial charge in [0.05, 0.1) is 13.2 Å². The van der Waals surface area contributed by atoms with Crippen molar-refractivity contribution in [3.8, 4) is 0 Å². The van der Waals surface area contributed by atoms with Crippen LogP contribution < -0.4 is 0 Å². The Morgan fingerprint density at radius 3 is 2.07 bits per heavy atom. The molecule has 0 aromatic rings. The maximum atomic E-state index is 10.9. The zero-order valence-electron chi connectivity index (χ0n) is 9.16. The molecule has 1 saturated heterocycles. The number of carboxylic acid groups (broad SMARTS) is 1. The van der Waals surface area contributed by atoms with Gasteiger partial charge in [-0.25, -0.2) is 0 Å². The monoisotopic (exact) mass is 202 g/mol. The lowest BCUT2D eigenvalue weighted by Crippen LogP contribution is -2.48. The van der Waals surface area contributed by atoms with Crippen molar-refractivity contribution >= 4 is 5.97 Å². The summed E-state index contributed by atoms with van der Waals surface area (Å²) in [6.07, 6.45) is -0.310. The van der Waals surface area contributed by atoms with Gasteiger partial charge in [0, 0.05) is 5.41 Å². The minimum Gasteiger partial charge on any atom is -0.481 e. The normalized spacial score (nSPS) is 34.1. The van der Waals surface area contributed by atoms with Gasteiger partial charge in [0.15, 0.2) is 6.29 Å². The van der Waals surface area contributed by atoms with Crippen molar-refractivity contribution < 1.29 is 19.4 Å². The molecule has 0 aromatic heterocycles. The molecule has 82 valence electrons. The Bertz CT molecular complexity index is 221. The second kappa shape index (κ2) is 3.51. The minimum absolute atomic E-state index is 0.111. The molecule has 1 heterocycles. The van der Waals surface area contributed by atoms with E-state index < -0.39 is 11.4 Å². The highest BCUT2D eigenvalue weighted by Crippen LogP contribution is 2.32. The van der Waals surface area contributed by atoms with Gasteiger partial charge in [0.2, 0.25) is 0 Å². The van der Waals surface area contributed by atoms with Crippen molar-refractivity contribution in [2.45, 2.75) is 34.0 Å². The van der Waals surface area contributed by atoms with E-state index >= 15 is 0 Å². The Kier molecular flexibility index (Phi) is 2.88. The van der Waals surface area contributed by atoms with Crippen molar-refractivity contribution in [3.05, 3.63) is 0 Å². The third-order valence-electron chi connectivity index (χ3n) is 2.33. The van der Waals surface area contributed by atoms with E-state index in [4.69, 9.17) is 14.6 Å². The second-order valence-electron chi connectivity index (χ2n) is 5.19. The lowest BCUT2D eigenvalue weighted by molar-refractivity contribution is -0.262. The van der Waals surface area contributed by atoms with E-state index in [0.717, 1.165) is 0 Å². The minimum atomic E-state index is -0.901. The Balaban J connectivity index is 2.59. The summed E-state index contributed by atoms with van der Waals surface area (Å²) < 4.78 is 10.8. The number of ether oxygens (including phenoxy) is 2. The summed E-state index contributed by atoms with van der Waals surface area (Å²) >= 11 is 0. The molecule has 0 saturated carbocycles. The molecule has 1 aliphatic rings. The fourth-order valence-corrected chi connectivity index (χ4v) is 1.23. The first-order chi connectivity index (χ1) is 6.26. The summed E-state index contributed by atoms with van der Waals surface area (Å²) in [6.45, 7) is 8.06. The first-order valence-corrected chi connectivity index (χ1v) is 4.72. The SMILES string of the molecule is CC1(C(=O)O)COC(C(C)(C)C)OC1. The number of rotatable bonds is 1. The fourth-order valence-electron chi connectivity index (χ4n) is 1.23. The van der Waals surface area contributed by atoms with Gasteiger partial charge < -0.3 is 14.6 Å². The van der Waals surface area contributed by atoms with Crippen molar-refractivity contribution in [1.82, 2.24) is 0 Å². The summed E-state index contributed by atoms with van der Waals surface area (Å²) in [7, 11) is 0. The van der Waals surface area contributed by atoms with Gasteiger partial charge in [0.1, 0.15) is 5.41 Å². The molecule has 1 rings (SSSR count). The summed E-state index contributed by atoms with van der Waals surface area (Å²) in [5.74, 6) is -0.871. The summed E-state index contributed by atoms with van der Waals surface area (Å²) in [5.41, 5.74) is -1.01. The number of hydrogen-bond acceptors (Lipinski definition) is 3. The Morgan fingerprint density at radius 1 is 1.36 bits per heavy atom. The molecule has 0 atom stereocenters. The van der Waals surface area contributed by atoms with Crippen LogP contribution in [0.15, 0.2) is 0 Å². The van der Waals surface area contributed by atoms with Gasteiger partial charge in [-0.15, -0.1) is 0 Å². The molecule has 4 nitrogen and oxygen atoms in total. The molecule has 1 fully saturated rings. The van der Waals surface area contributed by atoms with Gasteiger partial charge in [-0.05, 0) is 6.92 Å². The second-order valence-corrected chi connectivity index (χ2v) is 5.19. The molecule has 0 amide bonds. The van der Waals surface area contributed by atoms with Crippen LogP contribution in [0, 0.1) is 10.8 Å². The van der Waals surface area contributed by atoms with Crippen LogP contribution in [0.3, 0.4) is 0 Å². The van der Waals surface area contributed by atoms with E-state index in [-0.39, 0.29) is 24.9 Å². The predicted octanol–water partition coefficient (Wildman–Crippen LogP) is 1.50. The molecule has 0 aliphatic carbocycles. The number of carbonyl (C=O) groups is 1. The van der Waals surface area contributed by atoms with E-state index in [2.05, 4.69) is 0 Å². The fraction of sp³-hybridized carbons (Fsp3) is 0.900. The highest BCUT2D eigenvalue weighted by molar-refractivity contribution is 5.74. The molecule has 0 bridgehead atoms. The number of carboxylic acids is 1. The predicted molar refractivity (Wildman–Crippen MR) is 50.9 cm³/mol. The third-order valence-corrected chi connectivity index (χ3v) is 2.33. The van der Waals surface area contributed by atoms with Crippen molar-refractivity contribution in [1.29, 1.82) is 0 Å². The van der Waals surface area contributed by atoms with Crippen molar-refractivity contribution in [3.63, 3.8) is 0 Å². The topological polar surface area (TPSA) is 55.8 Å². The number of hydrogen-bond donors (Lipinski definition) is 1. The smallest absolute Gasteiger partial charge is 0.314 e. The van der Waals surface area contributed by atoms with Gasteiger partial charge >= 0.3 is 5.97 Å². The van der Waals surface area contributed by atoms with E-state index in [1.165, 1.54) is 0 Å². The zero-order valence-corrected chi connectivity index (χ0v) is 9.16. The average Bonchev–Trinajstić information content (AvgIpc) is 2.03. The lowest BCUT2D eigenvalue weighted by atomic mass is 9.90. The highest BCUT2D eigenvalue weighted by atomic mass is 16.7. The van der Waals surface area contributed by atoms with Crippen LogP contribution in [0.5, 0.6) is 0 Å². The Hall–Kier alpha value is -0.610. The van der Waals surface area contributed by atoms with Gasteiger partial charge in [-0.2, -0.15) is 0 Å². The van der Waals surface area contributed by atoms with Gasteiger partial charge in [-0.3, -0.25) is 4.79 Å². The molecule has 0 aromatic carbocycles. The molecule has 14 heavy (non-hydrogen) atoms. The molecular weight excluding hydrogens is 184 g/mol. The average molecular weight is 202 g/mol. The van der Waals surface area contributed by atoms with Crippen LogP contribution in [0.1, 0.15) is 27.7 Å². The van der Waals surface area contributed by atoms with Gasteiger partial charge in [0.25, 0.3) is 0 Å². The van der Waals surface area contributed by atoms with Crippen molar-refractivity contribution in [2.75, 3.05) is 13.2 Å². The molecule has 0 unspecified atom stereocenters. The maximum Gasteiger partial charge on any atom is 0.314 e. The van der Waals surface area contributed by atoms with Crippen LogP contribution in [0.2, 0.25) is 0 Å². The Labute approximate surface area is 84.2 Å². The maximum absolute atomic E-state index is 10.9. The van der Waals surface area contributed by atoms with Crippen LogP contribution in [0.25, 0.3) is 0 Å². The van der Waals surface area contributed by atoms with E-state index in [1.54, 1.807) is 6.92 Å². The lowest BCUT2D eigenvalue weighted by Gasteiger charge is -2.39. The van der Waals surface area contributed by atoms with Crippen molar-refractivity contribution in [2.24, 2.45) is 10.8 Å². The molecular formula is C10H18O4.